The maximum absolute atomic E-state index is 12.2. The number of hydrogen-bond donors (Lipinski definition) is 1. The van der Waals surface area contributed by atoms with E-state index in [0.717, 1.165) is 29.4 Å². The van der Waals surface area contributed by atoms with Crippen LogP contribution in [0.5, 0.6) is 0 Å². The molecular weight excluding hydrogens is 322 g/mol. The minimum atomic E-state index is 0.0619. The normalized spacial score (nSPS) is 15.4. The molecule has 1 amide bonds. The first kappa shape index (κ1) is 15.4. The summed E-state index contributed by atoms with van der Waals surface area (Å²) >= 11 is 1.41. The molecule has 6 nitrogen and oxygen atoms in total. The van der Waals surface area contributed by atoms with Crippen LogP contribution in [-0.2, 0) is 4.79 Å². The largest absolute Gasteiger partial charge is 0.353 e. The molecule has 0 saturated heterocycles. The third-order valence-corrected chi connectivity index (χ3v) is 5.24. The second kappa shape index (κ2) is 6.39. The van der Waals surface area contributed by atoms with Crippen LogP contribution in [-0.4, -0.2) is 37.3 Å². The number of para-hydroxylation sites is 1. The number of thioether (sulfide) groups is 1. The van der Waals surface area contributed by atoms with E-state index in [4.69, 9.17) is 0 Å². The van der Waals surface area contributed by atoms with E-state index < -0.39 is 0 Å². The summed E-state index contributed by atoms with van der Waals surface area (Å²) in [5, 5.41) is 9.21. The van der Waals surface area contributed by atoms with Gasteiger partial charge in [-0.3, -0.25) is 4.79 Å². The molecule has 0 aliphatic heterocycles. The lowest BCUT2D eigenvalue weighted by atomic mass is 10.2. The minimum Gasteiger partial charge on any atom is -0.353 e. The van der Waals surface area contributed by atoms with Crippen molar-refractivity contribution in [3.05, 3.63) is 30.1 Å². The highest BCUT2D eigenvalue weighted by Gasteiger charge is 2.18. The van der Waals surface area contributed by atoms with E-state index in [-0.39, 0.29) is 5.91 Å². The van der Waals surface area contributed by atoms with E-state index in [1.54, 1.807) is 4.52 Å². The molecule has 0 radical (unpaired) electrons. The fourth-order valence-corrected chi connectivity index (χ4v) is 3.95. The van der Waals surface area contributed by atoms with E-state index in [9.17, 15) is 4.79 Å². The molecule has 2 aromatic heterocycles. The van der Waals surface area contributed by atoms with Gasteiger partial charge < -0.3 is 5.32 Å². The Morgan fingerprint density at radius 3 is 2.92 bits per heavy atom. The predicted octanol–water partition coefficient (Wildman–Crippen LogP) is 2.74. The fourth-order valence-electron chi connectivity index (χ4n) is 3.20. The van der Waals surface area contributed by atoms with Gasteiger partial charge in [0.15, 0.2) is 10.8 Å². The van der Waals surface area contributed by atoms with E-state index in [1.165, 1.54) is 24.6 Å². The van der Waals surface area contributed by atoms with Gasteiger partial charge in [0.2, 0.25) is 5.91 Å². The number of fused-ring (bicyclic) bond motifs is 3. The molecule has 0 spiro atoms. The van der Waals surface area contributed by atoms with E-state index in [0.29, 0.717) is 22.8 Å². The van der Waals surface area contributed by atoms with Crippen molar-refractivity contribution in [2.75, 3.05) is 5.75 Å². The molecule has 1 aliphatic rings. The van der Waals surface area contributed by atoms with Crippen molar-refractivity contribution >= 4 is 34.2 Å². The first-order valence-electron chi connectivity index (χ1n) is 8.25. The van der Waals surface area contributed by atoms with Crippen molar-refractivity contribution in [1.29, 1.82) is 0 Å². The lowest BCUT2D eigenvalue weighted by molar-refractivity contribution is -0.119. The molecule has 124 valence electrons. The fraction of sp³-hybridized carbons (Fsp3) is 0.412. The molecule has 2 heterocycles. The molecule has 4 rings (SSSR count). The summed E-state index contributed by atoms with van der Waals surface area (Å²) in [6.45, 7) is 1.86. The first-order chi connectivity index (χ1) is 11.7. The Hall–Kier alpha value is -2.15. The minimum absolute atomic E-state index is 0.0619. The molecule has 0 unspecified atom stereocenters. The molecule has 0 atom stereocenters. The molecular formula is C17H19N5OS. The molecule has 24 heavy (non-hydrogen) atoms. The van der Waals surface area contributed by atoms with Crippen LogP contribution in [0.1, 0.15) is 31.5 Å². The van der Waals surface area contributed by atoms with Gasteiger partial charge in [-0.25, -0.2) is 9.97 Å². The summed E-state index contributed by atoms with van der Waals surface area (Å²) in [6, 6.07) is 8.22. The van der Waals surface area contributed by atoms with Gasteiger partial charge in [-0.1, -0.05) is 36.7 Å². The van der Waals surface area contributed by atoms with E-state index >= 15 is 0 Å². The van der Waals surface area contributed by atoms with Gasteiger partial charge in [-0.15, -0.1) is 5.10 Å². The topological polar surface area (TPSA) is 72.2 Å². The molecule has 7 heteroatoms. The number of rotatable bonds is 4. The molecule has 1 aromatic carbocycles. The number of amides is 1. The molecule has 3 aromatic rings. The van der Waals surface area contributed by atoms with E-state index in [2.05, 4.69) is 20.4 Å². The first-order valence-corrected chi connectivity index (χ1v) is 9.23. The summed E-state index contributed by atoms with van der Waals surface area (Å²) in [6.07, 6.45) is 4.61. The Kier molecular flexibility index (Phi) is 4.10. The lowest BCUT2D eigenvalue weighted by Crippen LogP contribution is -2.33. The highest BCUT2D eigenvalue weighted by atomic mass is 32.2. The Labute approximate surface area is 144 Å². The Balaban J connectivity index is 1.59. The monoisotopic (exact) mass is 341 g/mol. The van der Waals surface area contributed by atoms with Crippen molar-refractivity contribution < 1.29 is 4.79 Å². The van der Waals surface area contributed by atoms with Gasteiger partial charge in [-0.05, 0) is 31.9 Å². The van der Waals surface area contributed by atoms with Crippen LogP contribution in [0.3, 0.4) is 0 Å². The van der Waals surface area contributed by atoms with E-state index in [1.807, 2.05) is 31.2 Å². The van der Waals surface area contributed by atoms with Crippen molar-refractivity contribution in [2.45, 2.75) is 43.8 Å². The quantitative estimate of drug-likeness (QED) is 0.583. The second-order valence-electron chi connectivity index (χ2n) is 6.14. The number of nitrogens with zero attached hydrogens (tertiary/aromatic N) is 4. The Bertz CT molecular complexity index is 901. The summed E-state index contributed by atoms with van der Waals surface area (Å²) in [4.78, 5) is 21.3. The van der Waals surface area contributed by atoms with Crippen molar-refractivity contribution in [1.82, 2.24) is 24.9 Å². The van der Waals surface area contributed by atoms with Crippen LogP contribution in [0.25, 0.3) is 16.6 Å². The third-order valence-electron chi connectivity index (χ3n) is 4.31. The van der Waals surface area contributed by atoms with Crippen molar-refractivity contribution in [2.24, 2.45) is 0 Å². The number of carbonyl (C=O) groups is 1. The zero-order chi connectivity index (χ0) is 16.5. The summed E-state index contributed by atoms with van der Waals surface area (Å²) in [5.41, 5.74) is 1.66. The van der Waals surface area contributed by atoms with Gasteiger partial charge in [0.25, 0.3) is 0 Å². The summed E-state index contributed by atoms with van der Waals surface area (Å²) < 4.78 is 1.74. The maximum Gasteiger partial charge on any atom is 0.230 e. The second-order valence-corrected chi connectivity index (χ2v) is 7.09. The third kappa shape index (κ3) is 2.96. The Morgan fingerprint density at radius 1 is 1.29 bits per heavy atom. The van der Waals surface area contributed by atoms with Crippen LogP contribution < -0.4 is 5.32 Å². The van der Waals surface area contributed by atoms with Gasteiger partial charge in [-0.2, -0.15) is 4.52 Å². The SMILES string of the molecule is Cc1nc2c3ccccc3nc(SCC(=O)NC3CCCC3)n2n1. The van der Waals surface area contributed by atoms with Crippen LogP contribution in [0.2, 0.25) is 0 Å². The van der Waals surface area contributed by atoms with Crippen molar-refractivity contribution in [3.63, 3.8) is 0 Å². The van der Waals surface area contributed by atoms with Gasteiger partial charge in [0.05, 0.1) is 11.3 Å². The smallest absolute Gasteiger partial charge is 0.230 e. The number of nitrogens with one attached hydrogen (secondary N) is 1. The molecule has 1 saturated carbocycles. The van der Waals surface area contributed by atoms with Gasteiger partial charge in [0.1, 0.15) is 5.82 Å². The van der Waals surface area contributed by atoms with Crippen LogP contribution >= 0.6 is 11.8 Å². The summed E-state index contributed by atoms with van der Waals surface area (Å²) in [5.74, 6) is 1.10. The number of benzene rings is 1. The molecule has 1 fully saturated rings. The Morgan fingerprint density at radius 2 is 2.08 bits per heavy atom. The lowest BCUT2D eigenvalue weighted by Gasteiger charge is -2.11. The average Bonchev–Trinajstić information content (AvgIpc) is 3.21. The zero-order valence-corrected chi connectivity index (χ0v) is 14.3. The van der Waals surface area contributed by atoms with Crippen LogP contribution in [0.15, 0.2) is 29.4 Å². The van der Waals surface area contributed by atoms with Gasteiger partial charge >= 0.3 is 0 Å². The summed E-state index contributed by atoms with van der Waals surface area (Å²) in [7, 11) is 0. The van der Waals surface area contributed by atoms with Crippen LogP contribution in [0.4, 0.5) is 0 Å². The molecule has 1 aliphatic carbocycles. The number of carbonyl (C=O) groups excluding carboxylic acids is 1. The number of hydrogen-bond acceptors (Lipinski definition) is 5. The molecule has 1 N–H and O–H groups in total. The highest BCUT2D eigenvalue weighted by Crippen LogP contribution is 2.24. The predicted molar refractivity (Wildman–Crippen MR) is 94.1 cm³/mol. The average molecular weight is 341 g/mol. The zero-order valence-electron chi connectivity index (χ0n) is 13.5. The standard InChI is InChI=1S/C17H19N5OS/c1-11-18-16-13-8-4-5-9-14(13)20-17(22(16)21-11)24-10-15(23)19-12-6-2-3-7-12/h4-5,8-9,12H,2-3,6-7,10H2,1H3,(H,19,23). The highest BCUT2D eigenvalue weighted by molar-refractivity contribution is 7.99. The molecule has 0 bridgehead atoms. The number of aromatic nitrogens is 4. The van der Waals surface area contributed by atoms with Crippen LogP contribution in [0, 0.1) is 6.92 Å². The van der Waals surface area contributed by atoms with Gasteiger partial charge in [0, 0.05) is 11.4 Å². The number of aryl methyl sites for hydroxylation is 1. The van der Waals surface area contributed by atoms with Crippen molar-refractivity contribution in [3.8, 4) is 0 Å². The maximum atomic E-state index is 12.2.